The molecular weight excluding hydrogens is 546 g/mol. The number of rotatable bonds is 11. The number of piperazine rings is 1. The van der Waals surface area contributed by atoms with Crippen molar-refractivity contribution in [3.05, 3.63) is 59.3 Å². The van der Waals surface area contributed by atoms with Gasteiger partial charge in [-0.05, 0) is 56.6 Å². The second-order valence-electron chi connectivity index (χ2n) is 8.94. The number of benzene rings is 2. The van der Waals surface area contributed by atoms with Crippen LogP contribution in [0.15, 0.2) is 58.6 Å². The number of halogens is 1. The van der Waals surface area contributed by atoms with Gasteiger partial charge >= 0.3 is 0 Å². The van der Waals surface area contributed by atoms with Crippen molar-refractivity contribution >= 4 is 33.4 Å². The summed E-state index contributed by atoms with van der Waals surface area (Å²) >= 11 is 6.45. The van der Waals surface area contributed by atoms with Gasteiger partial charge in [0.15, 0.2) is 0 Å². The van der Waals surface area contributed by atoms with Crippen molar-refractivity contribution in [3.63, 3.8) is 0 Å². The van der Waals surface area contributed by atoms with Crippen LogP contribution < -0.4 is 20.5 Å². The first-order valence-electron chi connectivity index (χ1n) is 12.2. The van der Waals surface area contributed by atoms with E-state index in [9.17, 15) is 13.2 Å². The van der Waals surface area contributed by atoms with Crippen molar-refractivity contribution in [1.82, 2.24) is 14.5 Å². The Kier molecular flexibility index (Phi) is 10.7. The summed E-state index contributed by atoms with van der Waals surface area (Å²) in [6.07, 6.45) is 2.68. The zero-order valence-electron chi connectivity index (χ0n) is 22.4. The topological polar surface area (TPSA) is 136 Å². The molecule has 1 aliphatic heterocycles. The van der Waals surface area contributed by atoms with E-state index < -0.39 is 15.9 Å². The Balaban J connectivity index is 1.89. The third kappa shape index (κ3) is 8.41. The van der Waals surface area contributed by atoms with Gasteiger partial charge in [-0.2, -0.15) is 9.30 Å². The van der Waals surface area contributed by atoms with E-state index in [1.807, 2.05) is 14.0 Å². The van der Waals surface area contributed by atoms with Crippen molar-refractivity contribution < 1.29 is 27.4 Å². The van der Waals surface area contributed by atoms with E-state index in [2.05, 4.69) is 15.2 Å². The predicted molar refractivity (Wildman–Crippen MR) is 150 cm³/mol. The molecule has 0 aromatic heterocycles. The Hall–Kier alpha value is -3.16. The summed E-state index contributed by atoms with van der Waals surface area (Å²) in [5.41, 5.74) is 5.96. The molecule has 0 saturated carbocycles. The summed E-state index contributed by atoms with van der Waals surface area (Å²) in [7, 11) is 1.49. The largest absolute Gasteiger partial charge is 0.488 e. The fourth-order valence-electron chi connectivity index (χ4n) is 3.74. The molecule has 13 heteroatoms. The molecule has 11 nitrogen and oxygen atoms in total. The second kappa shape index (κ2) is 13.8. The number of hydrogen-bond donors (Lipinski definition) is 2. The Morgan fingerprint density at radius 1 is 1.18 bits per heavy atom. The van der Waals surface area contributed by atoms with E-state index in [1.54, 1.807) is 26.4 Å². The molecule has 1 saturated heterocycles. The molecule has 212 valence electrons. The summed E-state index contributed by atoms with van der Waals surface area (Å²) in [5, 5.41) is 2.86. The molecule has 0 spiro atoms. The van der Waals surface area contributed by atoms with Crippen molar-refractivity contribution in [3.8, 4) is 17.2 Å². The zero-order chi connectivity index (χ0) is 28.6. The lowest BCUT2D eigenvalue weighted by atomic mass is 10.2. The Morgan fingerprint density at radius 2 is 1.87 bits per heavy atom. The van der Waals surface area contributed by atoms with Gasteiger partial charge in [-0.25, -0.2) is 8.42 Å². The van der Waals surface area contributed by atoms with Crippen LogP contribution in [0.5, 0.6) is 17.2 Å². The third-order valence-electron chi connectivity index (χ3n) is 5.75. The molecule has 39 heavy (non-hydrogen) atoms. The number of aliphatic imine (C=N–C) groups is 1. The molecule has 1 aliphatic rings. The molecule has 2 aromatic carbocycles. The number of amidine groups is 1. The van der Waals surface area contributed by atoms with Crippen molar-refractivity contribution in [2.75, 3.05) is 54.0 Å². The standard InChI is InChI=1S/C26H34ClN5O6S/c1-18(17-36-4)37-20-13-19(26(33)30-25(28)7-8-29-2)14-21(15-20)38-24-6-5-22(16-23(24)27)39(34,35)32-11-9-31(3)10-12-32/h5-8,13-16,18,29H,9-12,17H2,1-4H3,(H2,28,30,33)/b8-7-/t18-/m0/s1. The van der Waals surface area contributed by atoms with Crippen LogP contribution in [0.25, 0.3) is 0 Å². The van der Waals surface area contributed by atoms with E-state index in [0.717, 1.165) is 0 Å². The summed E-state index contributed by atoms with van der Waals surface area (Å²) in [6.45, 7) is 4.24. The van der Waals surface area contributed by atoms with Gasteiger partial charge in [-0.3, -0.25) is 4.79 Å². The van der Waals surface area contributed by atoms with Crippen molar-refractivity contribution in [1.29, 1.82) is 0 Å². The summed E-state index contributed by atoms with van der Waals surface area (Å²) in [4.78, 5) is 18.9. The van der Waals surface area contributed by atoms with Gasteiger partial charge in [-0.15, -0.1) is 0 Å². The number of ether oxygens (including phenoxy) is 3. The van der Waals surface area contributed by atoms with E-state index in [0.29, 0.717) is 38.5 Å². The monoisotopic (exact) mass is 579 g/mol. The SMILES string of the molecule is CN/C=C\C(N)=NC(=O)c1cc(Oc2ccc(S(=O)(=O)N3CCN(C)CC3)cc2Cl)cc(O[C@@H](C)COC)c1. The zero-order valence-corrected chi connectivity index (χ0v) is 24.0. The van der Waals surface area contributed by atoms with Crippen LogP contribution in [-0.2, 0) is 14.8 Å². The summed E-state index contributed by atoms with van der Waals surface area (Å²) in [6, 6.07) is 8.86. The van der Waals surface area contributed by atoms with Gasteiger partial charge < -0.3 is 30.2 Å². The number of methoxy groups -OCH3 is 1. The number of likely N-dealkylation sites (N-methyl/N-ethyl adjacent to an activating group) is 1. The maximum atomic E-state index is 13.1. The van der Waals surface area contributed by atoms with Crippen LogP contribution in [0.1, 0.15) is 17.3 Å². The predicted octanol–water partition coefficient (Wildman–Crippen LogP) is 2.71. The molecule has 0 bridgehead atoms. The fraction of sp³-hybridized carbons (Fsp3) is 0.385. The molecule has 0 unspecified atom stereocenters. The quantitative estimate of drug-likeness (QED) is 0.304. The Bertz CT molecular complexity index is 1330. The molecular formula is C26H34ClN5O6S. The third-order valence-corrected chi connectivity index (χ3v) is 7.94. The second-order valence-corrected chi connectivity index (χ2v) is 11.3. The van der Waals surface area contributed by atoms with E-state index >= 15 is 0 Å². The Morgan fingerprint density at radius 3 is 2.51 bits per heavy atom. The lowest BCUT2D eigenvalue weighted by Gasteiger charge is -2.31. The first kappa shape index (κ1) is 30.4. The minimum absolute atomic E-state index is 0.0103. The number of carbonyl (C=O) groups is 1. The molecule has 1 heterocycles. The van der Waals surface area contributed by atoms with Crippen LogP contribution in [0.3, 0.4) is 0 Å². The smallest absolute Gasteiger partial charge is 0.279 e. The molecule has 1 fully saturated rings. The highest BCUT2D eigenvalue weighted by molar-refractivity contribution is 7.89. The highest BCUT2D eigenvalue weighted by atomic mass is 35.5. The van der Waals surface area contributed by atoms with Crippen LogP contribution in [0.4, 0.5) is 0 Å². The number of nitrogens with zero attached hydrogens (tertiary/aromatic N) is 3. The van der Waals surface area contributed by atoms with Gasteiger partial charge in [0, 0.05) is 52.0 Å². The number of hydrogen-bond acceptors (Lipinski definition) is 8. The Labute approximate surface area is 234 Å². The van der Waals surface area contributed by atoms with Crippen LogP contribution in [0, 0.1) is 0 Å². The van der Waals surface area contributed by atoms with Crippen molar-refractivity contribution in [2.45, 2.75) is 17.9 Å². The van der Waals surface area contributed by atoms with Crippen LogP contribution in [-0.4, -0.2) is 89.5 Å². The van der Waals surface area contributed by atoms with Gasteiger partial charge in [0.1, 0.15) is 29.2 Å². The maximum Gasteiger partial charge on any atom is 0.279 e. The first-order valence-corrected chi connectivity index (χ1v) is 14.0. The molecule has 1 atom stereocenters. The number of carbonyl (C=O) groups excluding carboxylic acids is 1. The normalized spacial score (nSPS) is 16.3. The lowest BCUT2D eigenvalue weighted by Crippen LogP contribution is -2.46. The number of nitrogens with one attached hydrogen (secondary N) is 1. The van der Waals surface area contributed by atoms with Gasteiger partial charge in [-0.1, -0.05) is 11.6 Å². The molecule has 0 radical (unpaired) electrons. The molecule has 0 aliphatic carbocycles. The van der Waals surface area contributed by atoms with E-state index in [-0.39, 0.29) is 38.9 Å². The average molecular weight is 580 g/mol. The maximum absolute atomic E-state index is 13.1. The first-order chi connectivity index (χ1) is 18.5. The highest BCUT2D eigenvalue weighted by Gasteiger charge is 2.28. The highest BCUT2D eigenvalue weighted by Crippen LogP contribution is 2.34. The molecule has 3 N–H and O–H groups in total. The average Bonchev–Trinajstić information content (AvgIpc) is 2.88. The van der Waals surface area contributed by atoms with Gasteiger partial charge in [0.2, 0.25) is 10.0 Å². The fourth-order valence-corrected chi connectivity index (χ4v) is 5.47. The molecule has 1 amide bonds. The summed E-state index contributed by atoms with van der Waals surface area (Å²) in [5.74, 6) is 0.176. The van der Waals surface area contributed by atoms with Crippen LogP contribution >= 0.6 is 11.6 Å². The van der Waals surface area contributed by atoms with Gasteiger partial charge in [0.05, 0.1) is 16.5 Å². The molecule has 3 rings (SSSR count). The minimum atomic E-state index is -3.71. The number of sulfonamides is 1. The molecule has 2 aromatic rings. The van der Waals surface area contributed by atoms with Gasteiger partial charge in [0.25, 0.3) is 5.91 Å². The lowest BCUT2D eigenvalue weighted by molar-refractivity contribution is 0.0915. The van der Waals surface area contributed by atoms with Crippen molar-refractivity contribution in [2.24, 2.45) is 10.7 Å². The van der Waals surface area contributed by atoms with Crippen LogP contribution in [0.2, 0.25) is 5.02 Å². The van der Waals surface area contributed by atoms with E-state index in [4.69, 9.17) is 31.5 Å². The number of amides is 1. The minimum Gasteiger partial charge on any atom is -0.488 e. The number of nitrogens with two attached hydrogens (primary N) is 1. The van der Waals surface area contributed by atoms with E-state index in [1.165, 1.54) is 40.7 Å². The summed E-state index contributed by atoms with van der Waals surface area (Å²) < 4.78 is 44.6.